The van der Waals surface area contributed by atoms with Gasteiger partial charge in [-0.1, -0.05) is 18.2 Å². The van der Waals surface area contributed by atoms with E-state index in [1.165, 1.54) is 10.4 Å². The van der Waals surface area contributed by atoms with Gasteiger partial charge in [0.1, 0.15) is 12.4 Å². The standard InChI is InChI=1S/C19H28N4OS.HI/c1-20-19(21-10-9-18-8-5-13-25-18)22-15-16-6-4-7-17(14-16)24-12-11-23(2)3;/h4-8,13-14H,9-12,15H2,1-3H3,(H2,20,21,22);1H. The molecule has 0 amide bonds. The number of nitrogens with zero attached hydrogens (tertiary/aromatic N) is 2. The molecule has 0 spiro atoms. The molecule has 0 aliphatic heterocycles. The van der Waals surface area contributed by atoms with Crippen LogP contribution in [0.25, 0.3) is 0 Å². The number of likely N-dealkylation sites (N-methyl/N-ethyl adjacent to an activating group) is 1. The van der Waals surface area contributed by atoms with Crippen molar-refractivity contribution in [3.05, 3.63) is 52.2 Å². The third kappa shape index (κ3) is 8.86. The van der Waals surface area contributed by atoms with Gasteiger partial charge < -0.3 is 20.3 Å². The maximum absolute atomic E-state index is 5.78. The van der Waals surface area contributed by atoms with E-state index in [1.54, 1.807) is 18.4 Å². The zero-order valence-corrected chi connectivity index (χ0v) is 18.8. The molecule has 1 heterocycles. The van der Waals surface area contributed by atoms with E-state index in [9.17, 15) is 0 Å². The van der Waals surface area contributed by atoms with Crippen LogP contribution in [0.3, 0.4) is 0 Å². The van der Waals surface area contributed by atoms with E-state index in [-0.39, 0.29) is 24.0 Å². The van der Waals surface area contributed by atoms with E-state index >= 15 is 0 Å². The highest BCUT2D eigenvalue weighted by Gasteiger charge is 2.01. The highest BCUT2D eigenvalue weighted by molar-refractivity contribution is 14.0. The summed E-state index contributed by atoms with van der Waals surface area (Å²) < 4.78 is 5.78. The first-order valence-electron chi connectivity index (χ1n) is 8.51. The average Bonchev–Trinajstić information content (AvgIpc) is 3.11. The fourth-order valence-corrected chi connectivity index (χ4v) is 2.97. The fraction of sp³-hybridized carbons (Fsp3) is 0.421. The molecular weight excluding hydrogens is 459 g/mol. The number of guanidine groups is 1. The largest absolute Gasteiger partial charge is 0.492 e. The van der Waals surface area contributed by atoms with Crippen LogP contribution in [0.4, 0.5) is 0 Å². The van der Waals surface area contributed by atoms with Gasteiger partial charge in [0.25, 0.3) is 0 Å². The Morgan fingerprint density at radius 3 is 2.73 bits per heavy atom. The van der Waals surface area contributed by atoms with Gasteiger partial charge in [0.15, 0.2) is 5.96 Å². The number of hydrogen-bond donors (Lipinski definition) is 2. The number of halogens is 1. The zero-order valence-electron chi connectivity index (χ0n) is 15.7. The van der Waals surface area contributed by atoms with Crippen molar-refractivity contribution in [3.8, 4) is 5.75 Å². The Morgan fingerprint density at radius 2 is 2.04 bits per heavy atom. The molecule has 1 aromatic carbocycles. The minimum Gasteiger partial charge on any atom is -0.492 e. The van der Waals surface area contributed by atoms with E-state index < -0.39 is 0 Å². The first-order chi connectivity index (χ1) is 12.2. The zero-order chi connectivity index (χ0) is 17.9. The molecule has 0 bridgehead atoms. The molecule has 0 radical (unpaired) electrons. The molecular formula is C19H29IN4OS. The SMILES string of the molecule is CN=C(NCCc1cccs1)NCc1cccc(OCCN(C)C)c1.I. The lowest BCUT2D eigenvalue weighted by Gasteiger charge is -2.13. The quantitative estimate of drug-likeness (QED) is 0.324. The van der Waals surface area contributed by atoms with E-state index in [1.807, 2.05) is 26.2 Å². The lowest BCUT2D eigenvalue weighted by molar-refractivity contribution is 0.261. The first kappa shape index (κ1) is 22.7. The molecule has 0 saturated carbocycles. The van der Waals surface area contributed by atoms with E-state index in [0.29, 0.717) is 13.2 Å². The number of ether oxygens (including phenoxy) is 1. The molecule has 26 heavy (non-hydrogen) atoms. The molecule has 1 aromatic heterocycles. The monoisotopic (exact) mass is 488 g/mol. The van der Waals surface area contributed by atoms with Crippen molar-refractivity contribution in [1.29, 1.82) is 0 Å². The molecule has 0 saturated heterocycles. The van der Waals surface area contributed by atoms with Crippen molar-refractivity contribution < 1.29 is 4.74 Å². The summed E-state index contributed by atoms with van der Waals surface area (Å²) in [6.07, 6.45) is 1.01. The van der Waals surface area contributed by atoms with Gasteiger partial charge in [0.2, 0.25) is 0 Å². The molecule has 2 rings (SSSR count). The van der Waals surface area contributed by atoms with Crippen LogP contribution in [-0.4, -0.2) is 51.7 Å². The van der Waals surface area contributed by atoms with Crippen LogP contribution in [0.2, 0.25) is 0 Å². The van der Waals surface area contributed by atoms with Crippen molar-refractivity contribution in [2.24, 2.45) is 4.99 Å². The van der Waals surface area contributed by atoms with Gasteiger partial charge >= 0.3 is 0 Å². The van der Waals surface area contributed by atoms with Gasteiger partial charge in [-0.2, -0.15) is 0 Å². The Hall–Kier alpha value is -1.32. The van der Waals surface area contributed by atoms with E-state index in [0.717, 1.165) is 31.2 Å². The molecule has 7 heteroatoms. The summed E-state index contributed by atoms with van der Waals surface area (Å²) in [6, 6.07) is 12.4. The number of aliphatic imine (C=N–C) groups is 1. The van der Waals surface area contributed by atoms with Gasteiger partial charge in [0.05, 0.1) is 0 Å². The first-order valence-corrected chi connectivity index (χ1v) is 9.38. The van der Waals surface area contributed by atoms with Crippen LogP contribution in [0, 0.1) is 0 Å². The van der Waals surface area contributed by atoms with Crippen LogP contribution >= 0.6 is 35.3 Å². The predicted molar refractivity (Wildman–Crippen MR) is 122 cm³/mol. The number of thiophene rings is 1. The summed E-state index contributed by atoms with van der Waals surface area (Å²) in [5, 5.41) is 8.80. The Labute approximate surface area is 177 Å². The topological polar surface area (TPSA) is 48.9 Å². The van der Waals surface area contributed by atoms with Gasteiger partial charge in [-0.3, -0.25) is 4.99 Å². The molecule has 0 fully saturated rings. The van der Waals surface area contributed by atoms with Gasteiger partial charge in [-0.15, -0.1) is 35.3 Å². The summed E-state index contributed by atoms with van der Waals surface area (Å²) in [5.74, 6) is 1.72. The highest BCUT2D eigenvalue weighted by Crippen LogP contribution is 2.13. The van der Waals surface area contributed by atoms with Gasteiger partial charge in [-0.25, -0.2) is 0 Å². The Kier molecular flexibility index (Phi) is 11.3. The Bertz CT molecular complexity index is 647. The van der Waals surface area contributed by atoms with Crippen LogP contribution in [0.15, 0.2) is 46.8 Å². The second-order valence-electron chi connectivity index (χ2n) is 5.98. The van der Waals surface area contributed by atoms with Crippen molar-refractivity contribution in [2.75, 3.05) is 40.8 Å². The van der Waals surface area contributed by atoms with Crippen molar-refractivity contribution in [3.63, 3.8) is 0 Å². The lowest BCUT2D eigenvalue weighted by Crippen LogP contribution is -2.37. The summed E-state index contributed by atoms with van der Waals surface area (Å²) in [5.41, 5.74) is 1.17. The molecule has 0 unspecified atom stereocenters. The lowest BCUT2D eigenvalue weighted by atomic mass is 10.2. The minimum absolute atomic E-state index is 0. The maximum atomic E-state index is 5.78. The van der Waals surface area contributed by atoms with Crippen molar-refractivity contribution >= 4 is 41.3 Å². The van der Waals surface area contributed by atoms with Gasteiger partial charge in [0, 0.05) is 31.6 Å². The molecule has 5 nitrogen and oxygen atoms in total. The third-order valence-electron chi connectivity index (χ3n) is 3.63. The Morgan fingerprint density at radius 1 is 1.19 bits per heavy atom. The molecule has 144 valence electrons. The molecule has 2 N–H and O–H groups in total. The summed E-state index contributed by atoms with van der Waals surface area (Å²) in [7, 11) is 5.88. The summed E-state index contributed by atoms with van der Waals surface area (Å²) in [4.78, 5) is 7.76. The number of benzene rings is 1. The van der Waals surface area contributed by atoms with E-state index in [4.69, 9.17) is 4.74 Å². The predicted octanol–water partition coefficient (Wildman–Crippen LogP) is 3.21. The molecule has 0 aliphatic carbocycles. The van der Waals surface area contributed by atoms with Crippen LogP contribution in [-0.2, 0) is 13.0 Å². The molecule has 2 aromatic rings. The van der Waals surface area contributed by atoms with Crippen LogP contribution in [0.1, 0.15) is 10.4 Å². The van der Waals surface area contributed by atoms with Crippen LogP contribution in [0.5, 0.6) is 5.75 Å². The molecule has 0 atom stereocenters. The Balaban J connectivity index is 0.00000338. The highest BCUT2D eigenvalue weighted by atomic mass is 127. The second-order valence-corrected chi connectivity index (χ2v) is 7.01. The fourth-order valence-electron chi connectivity index (χ4n) is 2.26. The summed E-state index contributed by atoms with van der Waals surface area (Å²) in [6.45, 7) is 3.18. The third-order valence-corrected chi connectivity index (χ3v) is 4.57. The summed E-state index contributed by atoms with van der Waals surface area (Å²) >= 11 is 1.78. The van der Waals surface area contributed by atoms with Crippen molar-refractivity contribution in [1.82, 2.24) is 15.5 Å². The second kappa shape index (κ2) is 12.9. The maximum Gasteiger partial charge on any atom is 0.191 e. The number of hydrogen-bond acceptors (Lipinski definition) is 4. The molecule has 0 aliphatic rings. The van der Waals surface area contributed by atoms with Gasteiger partial charge in [-0.05, 0) is 49.7 Å². The van der Waals surface area contributed by atoms with Crippen LogP contribution < -0.4 is 15.4 Å². The number of nitrogens with one attached hydrogen (secondary N) is 2. The normalized spacial score (nSPS) is 11.2. The average molecular weight is 488 g/mol. The smallest absolute Gasteiger partial charge is 0.191 e. The number of rotatable bonds is 9. The van der Waals surface area contributed by atoms with Crippen molar-refractivity contribution in [2.45, 2.75) is 13.0 Å². The van der Waals surface area contributed by atoms with E-state index in [2.05, 4.69) is 50.2 Å². The minimum atomic E-state index is 0.